The molecule has 3 nitrogen and oxygen atoms in total. The molecule has 0 N–H and O–H groups in total. The van der Waals surface area contributed by atoms with Crippen LogP contribution in [0.5, 0.6) is 5.75 Å². The molecule has 0 aliphatic carbocycles. The SMILES string of the molecule is C=CCCOC(C)C(=O)Oc1ccc(Br)cc1F. The van der Waals surface area contributed by atoms with Crippen LogP contribution >= 0.6 is 15.9 Å². The molecule has 1 rings (SSSR count). The third-order valence-electron chi connectivity index (χ3n) is 2.13. The van der Waals surface area contributed by atoms with E-state index in [9.17, 15) is 9.18 Å². The highest BCUT2D eigenvalue weighted by atomic mass is 79.9. The Labute approximate surface area is 114 Å². The number of carbonyl (C=O) groups excluding carboxylic acids is 1. The minimum absolute atomic E-state index is 0.109. The molecule has 1 aromatic rings. The Bertz CT molecular complexity index is 434. The van der Waals surface area contributed by atoms with Crippen molar-refractivity contribution in [2.45, 2.75) is 19.4 Å². The molecule has 0 spiro atoms. The van der Waals surface area contributed by atoms with Crippen molar-refractivity contribution in [1.29, 1.82) is 0 Å². The summed E-state index contributed by atoms with van der Waals surface area (Å²) in [5, 5.41) is 0. The molecule has 0 aromatic heterocycles. The average Bonchev–Trinajstić information content (AvgIpc) is 2.32. The van der Waals surface area contributed by atoms with E-state index >= 15 is 0 Å². The Hall–Kier alpha value is -1.20. The third kappa shape index (κ3) is 4.58. The zero-order valence-corrected chi connectivity index (χ0v) is 11.6. The van der Waals surface area contributed by atoms with Crippen molar-refractivity contribution in [3.05, 3.63) is 41.1 Å². The zero-order chi connectivity index (χ0) is 13.5. The summed E-state index contributed by atoms with van der Waals surface area (Å²) in [5.74, 6) is -1.33. The van der Waals surface area contributed by atoms with Gasteiger partial charge in [0.15, 0.2) is 17.7 Å². The first-order chi connectivity index (χ1) is 8.54. The molecule has 0 aliphatic heterocycles. The fraction of sp³-hybridized carbons (Fsp3) is 0.308. The van der Waals surface area contributed by atoms with E-state index in [2.05, 4.69) is 22.5 Å². The van der Waals surface area contributed by atoms with E-state index in [0.29, 0.717) is 17.5 Å². The topological polar surface area (TPSA) is 35.5 Å². The van der Waals surface area contributed by atoms with E-state index in [4.69, 9.17) is 9.47 Å². The number of carbonyl (C=O) groups is 1. The molecule has 0 saturated carbocycles. The molecule has 0 aliphatic rings. The molecule has 0 fully saturated rings. The van der Waals surface area contributed by atoms with Gasteiger partial charge in [-0.1, -0.05) is 22.0 Å². The minimum atomic E-state index is -0.743. The largest absolute Gasteiger partial charge is 0.421 e. The van der Waals surface area contributed by atoms with E-state index in [1.807, 2.05) is 0 Å². The van der Waals surface area contributed by atoms with Crippen molar-refractivity contribution in [2.24, 2.45) is 0 Å². The summed E-state index contributed by atoms with van der Waals surface area (Å²) >= 11 is 3.12. The third-order valence-corrected chi connectivity index (χ3v) is 2.62. The molecular formula is C13H14BrFO3. The summed E-state index contributed by atoms with van der Waals surface area (Å²) in [5.41, 5.74) is 0. The van der Waals surface area contributed by atoms with Gasteiger partial charge in [0.25, 0.3) is 0 Å². The van der Waals surface area contributed by atoms with Gasteiger partial charge in [0.05, 0.1) is 6.61 Å². The Morgan fingerprint density at radius 1 is 1.61 bits per heavy atom. The van der Waals surface area contributed by atoms with Crippen molar-refractivity contribution < 1.29 is 18.7 Å². The average molecular weight is 317 g/mol. The van der Waals surface area contributed by atoms with Gasteiger partial charge in [0, 0.05) is 4.47 Å². The quantitative estimate of drug-likeness (QED) is 0.349. The molecule has 1 unspecified atom stereocenters. The molecule has 0 radical (unpaired) electrons. The maximum Gasteiger partial charge on any atom is 0.340 e. The standard InChI is InChI=1S/C13H14BrFO3/c1-3-4-7-17-9(2)13(16)18-12-6-5-10(14)8-11(12)15/h3,5-6,8-9H,1,4,7H2,2H3. The summed E-state index contributed by atoms with van der Waals surface area (Å²) in [6, 6.07) is 4.20. The predicted molar refractivity (Wildman–Crippen MR) is 70.0 cm³/mol. The van der Waals surface area contributed by atoms with Gasteiger partial charge in [-0.15, -0.1) is 6.58 Å². The Morgan fingerprint density at radius 2 is 2.33 bits per heavy atom. The molecule has 0 bridgehead atoms. The summed E-state index contributed by atoms with van der Waals surface area (Å²) in [4.78, 5) is 11.6. The van der Waals surface area contributed by atoms with E-state index in [0.717, 1.165) is 0 Å². The van der Waals surface area contributed by atoms with Gasteiger partial charge in [-0.2, -0.15) is 0 Å². The second-order valence-electron chi connectivity index (χ2n) is 3.59. The maximum atomic E-state index is 13.4. The van der Waals surface area contributed by atoms with Crippen LogP contribution in [0, 0.1) is 5.82 Å². The number of hydrogen-bond donors (Lipinski definition) is 0. The highest BCUT2D eigenvalue weighted by Crippen LogP contribution is 2.21. The smallest absolute Gasteiger partial charge is 0.340 e. The summed E-state index contributed by atoms with van der Waals surface area (Å²) < 4.78 is 24.1. The van der Waals surface area contributed by atoms with Crippen LogP contribution in [-0.2, 0) is 9.53 Å². The van der Waals surface area contributed by atoms with Gasteiger partial charge in [-0.05, 0) is 31.5 Å². The molecule has 98 valence electrons. The predicted octanol–water partition coefficient (Wildman–Crippen LogP) is 3.47. The van der Waals surface area contributed by atoms with Crippen molar-refractivity contribution in [3.63, 3.8) is 0 Å². The van der Waals surface area contributed by atoms with E-state index in [1.54, 1.807) is 19.1 Å². The number of halogens is 2. The van der Waals surface area contributed by atoms with Crippen LogP contribution in [0.2, 0.25) is 0 Å². The van der Waals surface area contributed by atoms with Crippen LogP contribution in [0.4, 0.5) is 4.39 Å². The summed E-state index contributed by atoms with van der Waals surface area (Å²) in [6.07, 6.45) is 1.59. The molecular weight excluding hydrogens is 303 g/mol. The lowest BCUT2D eigenvalue weighted by Crippen LogP contribution is -2.26. The van der Waals surface area contributed by atoms with Crippen molar-refractivity contribution in [1.82, 2.24) is 0 Å². The van der Waals surface area contributed by atoms with Gasteiger partial charge < -0.3 is 9.47 Å². The van der Waals surface area contributed by atoms with Crippen LogP contribution in [-0.4, -0.2) is 18.7 Å². The molecule has 18 heavy (non-hydrogen) atoms. The first-order valence-electron chi connectivity index (χ1n) is 5.44. The fourth-order valence-corrected chi connectivity index (χ4v) is 1.48. The van der Waals surface area contributed by atoms with Crippen LogP contribution in [0.1, 0.15) is 13.3 Å². The first kappa shape index (κ1) is 14.9. The van der Waals surface area contributed by atoms with Crippen LogP contribution < -0.4 is 4.74 Å². The monoisotopic (exact) mass is 316 g/mol. The summed E-state index contributed by atoms with van der Waals surface area (Å²) in [6.45, 7) is 5.48. The van der Waals surface area contributed by atoms with E-state index < -0.39 is 17.9 Å². The minimum Gasteiger partial charge on any atom is -0.421 e. The lowest BCUT2D eigenvalue weighted by molar-refractivity contribution is -0.146. The highest BCUT2D eigenvalue weighted by molar-refractivity contribution is 9.10. The second-order valence-corrected chi connectivity index (χ2v) is 4.50. The van der Waals surface area contributed by atoms with Crippen LogP contribution in [0.25, 0.3) is 0 Å². The fourth-order valence-electron chi connectivity index (χ4n) is 1.15. The summed E-state index contributed by atoms with van der Waals surface area (Å²) in [7, 11) is 0. The molecule has 0 saturated heterocycles. The molecule has 1 aromatic carbocycles. The number of benzene rings is 1. The zero-order valence-electron chi connectivity index (χ0n) is 9.99. The van der Waals surface area contributed by atoms with E-state index in [-0.39, 0.29) is 5.75 Å². The lowest BCUT2D eigenvalue weighted by Gasteiger charge is -2.12. The molecule has 1 atom stereocenters. The Morgan fingerprint density at radius 3 is 2.94 bits per heavy atom. The Balaban J connectivity index is 2.55. The number of rotatable bonds is 6. The van der Waals surface area contributed by atoms with Crippen molar-refractivity contribution in [3.8, 4) is 5.75 Å². The van der Waals surface area contributed by atoms with Crippen molar-refractivity contribution >= 4 is 21.9 Å². The van der Waals surface area contributed by atoms with Gasteiger partial charge in [-0.3, -0.25) is 0 Å². The molecule has 5 heteroatoms. The first-order valence-corrected chi connectivity index (χ1v) is 6.23. The Kier molecular flexibility index (Phi) is 6.01. The molecule has 0 heterocycles. The van der Waals surface area contributed by atoms with Crippen molar-refractivity contribution in [2.75, 3.05) is 6.61 Å². The van der Waals surface area contributed by atoms with Gasteiger partial charge in [0.1, 0.15) is 0 Å². The number of esters is 1. The van der Waals surface area contributed by atoms with Crippen LogP contribution in [0.15, 0.2) is 35.3 Å². The normalized spacial score (nSPS) is 11.9. The van der Waals surface area contributed by atoms with E-state index in [1.165, 1.54) is 12.1 Å². The number of ether oxygens (including phenoxy) is 2. The highest BCUT2D eigenvalue weighted by Gasteiger charge is 2.17. The second kappa shape index (κ2) is 7.28. The van der Waals surface area contributed by atoms with Gasteiger partial charge >= 0.3 is 5.97 Å². The van der Waals surface area contributed by atoms with Gasteiger partial charge in [0.2, 0.25) is 0 Å². The number of hydrogen-bond acceptors (Lipinski definition) is 3. The van der Waals surface area contributed by atoms with Crippen LogP contribution in [0.3, 0.4) is 0 Å². The van der Waals surface area contributed by atoms with Gasteiger partial charge in [-0.25, -0.2) is 9.18 Å². The lowest BCUT2D eigenvalue weighted by atomic mass is 10.3. The maximum absolute atomic E-state index is 13.4. The molecule has 0 amide bonds.